The quantitative estimate of drug-likeness (QED) is 0.545. The molecule has 2 heterocycles. The molecular formula is C20H24BrClN4O3S. The van der Waals surface area contributed by atoms with Gasteiger partial charge >= 0.3 is 12.1 Å². The lowest BCUT2D eigenvalue weighted by Gasteiger charge is -2.34. The lowest BCUT2D eigenvalue weighted by atomic mass is 10.1. The zero-order valence-electron chi connectivity index (χ0n) is 17.0. The molecule has 0 spiro atoms. The average molecular weight is 516 g/mol. The summed E-state index contributed by atoms with van der Waals surface area (Å²) in [5, 5.41) is 8.81. The van der Waals surface area contributed by atoms with Gasteiger partial charge in [-0.3, -0.25) is 5.32 Å². The second-order valence-electron chi connectivity index (χ2n) is 8.03. The van der Waals surface area contributed by atoms with Gasteiger partial charge in [-0.2, -0.15) is 0 Å². The first-order chi connectivity index (χ1) is 14.1. The maximum absolute atomic E-state index is 12.4. The number of aromatic nitrogens is 1. The van der Waals surface area contributed by atoms with Crippen LogP contribution in [0.15, 0.2) is 28.1 Å². The topological polar surface area (TPSA) is 83.6 Å². The number of anilines is 1. The molecule has 1 aromatic carbocycles. The highest BCUT2D eigenvalue weighted by atomic mass is 79.9. The third-order valence-corrected chi connectivity index (χ3v) is 6.44. The molecule has 30 heavy (non-hydrogen) atoms. The molecule has 1 fully saturated rings. The molecule has 1 aromatic heterocycles. The fourth-order valence-corrected chi connectivity index (χ4v) is 4.19. The normalized spacial score (nSPS) is 16.8. The van der Waals surface area contributed by atoms with Gasteiger partial charge in [0.2, 0.25) is 0 Å². The predicted octanol–water partition coefficient (Wildman–Crippen LogP) is 5.75. The molecule has 2 N–H and O–H groups in total. The molecule has 1 saturated heterocycles. The van der Waals surface area contributed by atoms with Gasteiger partial charge in [-0.05, 0) is 61.7 Å². The smallest absolute Gasteiger partial charge is 0.410 e. The van der Waals surface area contributed by atoms with E-state index in [2.05, 4.69) is 31.5 Å². The highest BCUT2D eigenvalue weighted by Gasteiger charge is 2.28. The fraction of sp³-hybridized carbons (Fsp3) is 0.450. The zero-order chi connectivity index (χ0) is 21.9. The highest BCUT2D eigenvalue weighted by molar-refractivity contribution is 9.10. The molecule has 3 rings (SSSR count). The fourth-order valence-electron chi connectivity index (χ4n) is 3.02. The molecule has 7 nitrogen and oxygen atoms in total. The average Bonchev–Trinajstić information content (AvgIpc) is 3.11. The number of carbonyl (C=O) groups excluding carboxylic acids is 2. The van der Waals surface area contributed by atoms with Crippen molar-refractivity contribution in [2.24, 2.45) is 0 Å². The number of nitrogens with one attached hydrogen (secondary N) is 2. The van der Waals surface area contributed by atoms with Crippen LogP contribution < -0.4 is 10.6 Å². The molecule has 10 heteroatoms. The molecular weight excluding hydrogens is 492 g/mol. The number of urea groups is 1. The zero-order valence-corrected chi connectivity index (χ0v) is 20.2. The van der Waals surface area contributed by atoms with Crippen LogP contribution in [0.5, 0.6) is 0 Å². The van der Waals surface area contributed by atoms with E-state index >= 15 is 0 Å². The van der Waals surface area contributed by atoms with E-state index < -0.39 is 5.60 Å². The molecule has 2 aromatic rings. The lowest BCUT2D eigenvalue weighted by molar-refractivity contribution is 0.0191. The molecule has 0 aliphatic carbocycles. The van der Waals surface area contributed by atoms with Gasteiger partial charge in [-0.25, -0.2) is 14.6 Å². The highest BCUT2D eigenvalue weighted by Crippen LogP contribution is 2.31. The van der Waals surface area contributed by atoms with Crippen molar-refractivity contribution in [2.75, 3.05) is 18.4 Å². The standard InChI is InChI=1S/C20H24BrClN4O3S/c1-20(2,3)29-19(28)26-8-4-5-13(10-26)23-18(27)25-16-11-30-17(24-16)12-6-7-14(21)15(22)9-12/h6-7,9,11,13H,4-5,8,10H2,1-3H3,(H2,23,25,27)/t13-/m0/s1. The van der Waals surface area contributed by atoms with Gasteiger partial charge in [0.05, 0.1) is 5.02 Å². The summed E-state index contributed by atoms with van der Waals surface area (Å²) in [4.78, 5) is 30.8. The third kappa shape index (κ3) is 6.33. The monoisotopic (exact) mass is 514 g/mol. The summed E-state index contributed by atoms with van der Waals surface area (Å²) < 4.78 is 6.24. The van der Waals surface area contributed by atoms with Crippen molar-refractivity contribution >= 4 is 56.8 Å². The Bertz CT molecular complexity index is 931. The Hall–Kier alpha value is -1.84. The third-order valence-electron chi connectivity index (χ3n) is 4.32. The first-order valence-electron chi connectivity index (χ1n) is 9.57. The Morgan fingerprint density at radius 1 is 1.37 bits per heavy atom. The second kappa shape index (κ2) is 9.53. The number of nitrogens with zero attached hydrogens (tertiary/aromatic N) is 2. The van der Waals surface area contributed by atoms with Crippen LogP contribution in [0.1, 0.15) is 33.6 Å². The SMILES string of the molecule is CC(C)(C)OC(=O)N1CCC[C@H](NC(=O)Nc2csc(-c3ccc(Br)c(Cl)c3)n2)C1. The van der Waals surface area contributed by atoms with Crippen LogP contribution in [-0.2, 0) is 4.74 Å². The molecule has 1 aliphatic heterocycles. The Morgan fingerprint density at radius 2 is 2.13 bits per heavy atom. The number of likely N-dealkylation sites (tertiary alicyclic amines) is 1. The molecule has 0 bridgehead atoms. The van der Waals surface area contributed by atoms with Gasteiger partial charge in [0.15, 0.2) is 0 Å². The van der Waals surface area contributed by atoms with Crippen LogP contribution in [0.3, 0.4) is 0 Å². The Balaban J connectivity index is 1.55. The summed E-state index contributed by atoms with van der Waals surface area (Å²) in [5.41, 5.74) is 0.331. The molecule has 162 valence electrons. The van der Waals surface area contributed by atoms with E-state index in [1.54, 1.807) is 10.3 Å². The van der Waals surface area contributed by atoms with E-state index in [9.17, 15) is 9.59 Å². The summed E-state index contributed by atoms with van der Waals surface area (Å²) in [6.45, 7) is 6.55. The number of halogens is 2. The number of carbonyl (C=O) groups is 2. The van der Waals surface area contributed by atoms with Crippen molar-refractivity contribution in [2.45, 2.75) is 45.3 Å². The number of hydrogen-bond acceptors (Lipinski definition) is 5. The van der Waals surface area contributed by atoms with E-state index in [4.69, 9.17) is 16.3 Å². The van der Waals surface area contributed by atoms with Crippen molar-refractivity contribution in [3.63, 3.8) is 0 Å². The van der Waals surface area contributed by atoms with Crippen molar-refractivity contribution < 1.29 is 14.3 Å². The van der Waals surface area contributed by atoms with E-state index in [1.165, 1.54) is 11.3 Å². The number of amides is 3. The molecule has 0 radical (unpaired) electrons. The minimum absolute atomic E-state index is 0.144. The summed E-state index contributed by atoms with van der Waals surface area (Å²) >= 11 is 10.9. The Kier molecular flexibility index (Phi) is 7.26. The summed E-state index contributed by atoms with van der Waals surface area (Å²) in [6.07, 6.45) is 1.24. The maximum atomic E-state index is 12.4. The van der Waals surface area contributed by atoms with Crippen molar-refractivity contribution in [1.82, 2.24) is 15.2 Å². The summed E-state index contributed by atoms with van der Waals surface area (Å²) in [7, 11) is 0. The molecule has 0 unspecified atom stereocenters. The molecule has 1 aliphatic rings. The summed E-state index contributed by atoms with van der Waals surface area (Å²) in [5.74, 6) is 0.464. The van der Waals surface area contributed by atoms with Crippen LogP contribution in [0.4, 0.5) is 15.4 Å². The number of thiazole rings is 1. The van der Waals surface area contributed by atoms with Gasteiger partial charge in [-0.1, -0.05) is 17.7 Å². The van der Waals surface area contributed by atoms with Crippen LogP contribution in [-0.4, -0.2) is 46.7 Å². The van der Waals surface area contributed by atoms with E-state index in [1.807, 2.05) is 39.0 Å². The maximum Gasteiger partial charge on any atom is 0.410 e. The van der Waals surface area contributed by atoms with Crippen LogP contribution in [0.25, 0.3) is 10.6 Å². The minimum Gasteiger partial charge on any atom is -0.444 e. The van der Waals surface area contributed by atoms with Crippen molar-refractivity contribution in [1.29, 1.82) is 0 Å². The Morgan fingerprint density at radius 3 is 2.83 bits per heavy atom. The number of hydrogen-bond donors (Lipinski definition) is 2. The van der Waals surface area contributed by atoms with Crippen molar-refractivity contribution in [3.8, 4) is 10.6 Å². The number of benzene rings is 1. The minimum atomic E-state index is -0.545. The first kappa shape index (κ1) is 22.8. The van der Waals surface area contributed by atoms with Crippen LogP contribution in [0, 0.1) is 0 Å². The molecule has 0 saturated carbocycles. The Labute approximate surface area is 193 Å². The number of piperidine rings is 1. The van der Waals surface area contributed by atoms with E-state index in [-0.39, 0.29) is 18.2 Å². The van der Waals surface area contributed by atoms with Gasteiger partial charge < -0.3 is 15.0 Å². The first-order valence-corrected chi connectivity index (χ1v) is 11.6. The van der Waals surface area contributed by atoms with Crippen molar-refractivity contribution in [3.05, 3.63) is 33.1 Å². The van der Waals surface area contributed by atoms with Gasteiger partial charge in [0.1, 0.15) is 16.4 Å². The lowest BCUT2D eigenvalue weighted by Crippen LogP contribution is -2.51. The number of ether oxygens (including phenoxy) is 1. The second-order valence-corrected chi connectivity index (χ2v) is 10.2. The van der Waals surface area contributed by atoms with E-state index in [0.29, 0.717) is 23.9 Å². The summed E-state index contributed by atoms with van der Waals surface area (Å²) in [6, 6.07) is 5.10. The predicted molar refractivity (Wildman–Crippen MR) is 123 cm³/mol. The number of rotatable bonds is 3. The molecule has 3 amide bonds. The molecule has 1 atom stereocenters. The van der Waals surface area contributed by atoms with Crippen LogP contribution >= 0.6 is 38.9 Å². The van der Waals surface area contributed by atoms with Crippen LogP contribution in [0.2, 0.25) is 5.02 Å². The van der Waals surface area contributed by atoms with Gasteiger partial charge in [0, 0.05) is 34.5 Å². The largest absolute Gasteiger partial charge is 0.444 e. The van der Waals surface area contributed by atoms with Gasteiger partial charge in [0.25, 0.3) is 0 Å². The van der Waals surface area contributed by atoms with E-state index in [0.717, 1.165) is 27.9 Å². The van der Waals surface area contributed by atoms with Gasteiger partial charge in [-0.15, -0.1) is 11.3 Å².